The molecule has 122 valence electrons. The minimum atomic E-state index is -1.40. The highest BCUT2D eigenvalue weighted by Crippen LogP contribution is 2.25. The van der Waals surface area contributed by atoms with Crippen molar-refractivity contribution in [2.45, 2.75) is 19.8 Å². The summed E-state index contributed by atoms with van der Waals surface area (Å²) in [6, 6.07) is 4.15. The molecule has 6 nitrogen and oxygen atoms in total. The predicted octanol–water partition coefficient (Wildman–Crippen LogP) is 2.49. The number of carboxylic acids is 1. The zero-order chi connectivity index (χ0) is 17.0. The average Bonchev–Trinajstić information content (AvgIpc) is 2.50. The lowest BCUT2D eigenvalue weighted by Gasteiger charge is -2.11. The Labute approximate surface area is 135 Å². The van der Waals surface area contributed by atoms with Crippen molar-refractivity contribution in [1.29, 1.82) is 0 Å². The molecule has 0 radical (unpaired) electrons. The van der Waals surface area contributed by atoms with E-state index in [1.165, 1.54) is 24.4 Å². The van der Waals surface area contributed by atoms with Gasteiger partial charge in [-0.1, -0.05) is 17.7 Å². The number of aromatic carboxylic acids is 1. The SMILES string of the molecule is O=C(O)c1ncc(COCc2ccc(F)c(Cl)c2)c(CO)c1O. The van der Waals surface area contributed by atoms with Crippen LogP contribution in [0.25, 0.3) is 0 Å². The Morgan fingerprint density at radius 2 is 2.09 bits per heavy atom. The molecule has 0 aliphatic carbocycles. The Hall–Kier alpha value is -2.22. The molecule has 0 aliphatic heterocycles. The van der Waals surface area contributed by atoms with Crippen molar-refractivity contribution in [3.05, 3.63) is 57.6 Å². The van der Waals surface area contributed by atoms with Crippen LogP contribution in [0, 0.1) is 5.82 Å². The van der Waals surface area contributed by atoms with Crippen molar-refractivity contribution in [3.8, 4) is 5.75 Å². The molecule has 0 spiro atoms. The van der Waals surface area contributed by atoms with Crippen molar-refractivity contribution in [2.75, 3.05) is 0 Å². The number of rotatable bonds is 6. The van der Waals surface area contributed by atoms with Gasteiger partial charge < -0.3 is 20.1 Å². The average molecular weight is 342 g/mol. The van der Waals surface area contributed by atoms with Crippen molar-refractivity contribution >= 4 is 17.6 Å². The van der Waals surface area contributed by atoms with Crippen LogP contribution >= 0.6 is 11.6 Å². The van der Waals surface area contributed by atoms with Crippen molar-refractivity contribution < 1.29 is 29.2 Å². The van der Waals surface area contributed by atoms with Crippen LogP contribution in [0.4, 0.5) is 4.39 Å². The summed E-state index contributed by atoms with van der Waals surface area (Å²) in [6.07, 6.45) is 1.21. The van der Waals surface area contributed by atoms with Gasteiger partial charge in [0.15, 0.2) is 11.4 Å². The molecule has 0 fully saturated rings. The number of hydrogen-bond acceptors (Lipinski definition) is 5. The van der Waals surface area contributed by atoms with Gasteiger partial charge in [-0.15, -0.1) is 0 Å². The van der Waals surface area contributed by atoms with E-state index in [0.717, 1.165) is 0 Å². The van der Waals surface area contributed by atoms with Crippen LogP contribution in [-0.4, -0.2) is 26.3 Å². The summed E-state index contributed by atoms with van der Waals surface area (Å²) in [4.78, 5) is 14.5. The Balaban J connectivity index is 2.09. The third-order valence-corrected chi connectivity index (χ3v) is 3.41. The largest absolute Gasteiger partial charge is 0.505 e. The number of pyridine rings is 1. The summed E-state index contributed by atoms with van der Waals surface area (Å²) in [5.74, 6) is -2.52. The van der Waals surface area contributed by atoms with E-state index < -0.39 is 29.8 Å². The minimum absolute atomic E-state index is 0.0210. The Kier molecular flexibility index (Phi) is 5.49. The fourth-order valence-electron chi connectivity index (χ4n) is 1.94. The lowest BCUT2D eigenvalue weighted by atomic mass is 10.1. The first-order valence-electron chi connectivity index (χ1n) is 6.49. The second-order valence-electron chi connectivity index (χ2n) is 4.66. The summed E-state index contributed by atoms with van der Waals surface area (Å²) in [7, 11) is 0. The fourth-order valence-corrected chi connectivity index (χ4v) is 2.15. The standard InChI is InChI=1S/C15H13ClFNO5/c16-11-3-8(1-2-12(11)17)6-23-7-9-4-18-13(15(21)22)14(20)10(9)5-19/h1-4,19-20H,5-7H2,(H,21,22). The summed E-state index contributed by atoms with van der Waals surface area (Å²) in [6.45, 7) is -0.465. The van der Waals surface area contributed by atoms with Gasteiger partial charge in [0.25, 0.3) is 0 Å². The highest BCUT2D eigenvalue weighted by Gasteiger charge is 2.18. The van der Waals surface area contributed by atoms with Gasteiger partial charge in [0.1, 0.15) is 5.82 Å². The summed E-state index contributed by atoms with van der Waals surface area (Å²) in [5.41, 5.74) is 0.488. The van der Waals surface area contributed by atoms with Gasteiger partial charge in [-0.2, -0.15) is 0 Å². The van der Waals surface area contributed by atoms with E-state index >= 15 is 0 Å². The van der Waals surface area contributed by atoms with Crippen molar-refractivity contribution in [1.82, 2.24) is 4.98 Å². The van der Waals surface area contributed by atoms with E-state index in [2.05, 4.69) is 4.98 Å². The molecule has 0 amide bonds. The fraction of sp³-hybridized carbons (Fsp3) is 0.200. The van der Waals surface area contributed by atoms with E-state index in [1.54, 1.807) is 0 Å². The van der Waals surface area contributed by atoms with Gasteiger partial charge in [0, 0.05) is 17.3 Å². The Morgan fingerprint density at radius 3 is 2.70 bits per heavy atom. The van der Waals surface area contributed by atoms with Crippen LogP contribution in [0.2, 0.25) is 5.02 Å². The quantitative estimate of drug-likeness (QED) is 0.746. The molecule has 0 bridgehead atoms. The highest BCUT2D eigenvalue weighted by atomic mass is 35.5. The molecular weight excluding hydrogens is 329 g/mol. The van der Waals surface area contributed by atoms with Gasteiger partial charge in [0.2, 0.25) is 0 Å². The van der Waals surface area contributed by atoms with Crippen LogP contribution in [0.1, 0.15) is 27.2 Å². The maximum Gasteiger partial charge on any atom is 0.358 e. The first kappa shape index (κ1) is 17.1. The maximum absolute atomic E-state index is 13.0. The number of aliphatic hydroxyl groups is 1. The number of nitrogens with zero attached hydrogens (tertiary/aromatic N) is 1. The van der Waals surface area contributed by atoms with Crippen LogP contribution < -0.4 is 0 Å². The normalized spacial score (nSPS) is 10.7. The predicted molar refractivity (Wildman–Crippen MR) is 78.7 cm³/mol. The third kappa shape index (κ3) is 3.95. The molecule has 0 saturated heterocycles. The number of halogens is 2. The number of benzene rings is 1. The third-order valence-electron chi connectivity index (χ3n) is 3.12. The van der Waals surface area contributed by atoms with Gasteiger partial charge >= 0.3 is 5.97 Å². The number of carbonyl (C=O) groups is 1. The van der Waals surface area contributed by atoms with Crippen molar-refractivity contribution in [2.24, 2.45) is 0 Å². The second-order valence-corrected chi connectivity index (χ2v) is 5.07. The smallest absolute Gasteiger partial charge is 0.358 e. The van der Waals surface area contributed by atoms with Gasteiger partial charge in [-0.25, -0.2) is 14.2 Å². The van der Waals surface area contributed by atoms with Crippen LogP contribution in [0.5, 0.6) is 5.75 Å². The molecule has 8 heteroatoms. The first-order chi connectivity index (χ1) is 10.9. The molecule has 0 aliphatic rings. The Morgan fingerprint density at radius 1 is 1.35 bits per heavy atom. The summed E-state index contributed by atoms with van der Waals surface area (Å²) >= 11 is 5.66. The number of hydrogen-bond donors (Lipinski definition) is 3. The Bertz CT molecular complexity index is 738. The van der Waals surface area contributed by atoms with E-state index in [4.69, 9.17) is 21.4 Å². The molecule has 23 heavy (non-hydrogen) atoms. The van der Waals surface area contributed by atoms with Crippen LogP contribution in [0.3, 0.4) is 0 Å². The highest BCUT2D eigenvalue weighted by molar-refractivity contribution is 6.30. The minimum Gasteiger partial charge on any atom is -0.505 e. The number of ether oxygens (including phenoxy) is 1. The number of aromatic nitrogens is 1. The molecular formula is C15H13ClFNO5. The van der Waals surface area contributed by atoms with E-state index in [0.29, 0.717) is 11.1 Å². The van der Waals surface area contributed by atoms with Crippen LogP contribution in [0.15, 0.2) is 24.4 Å². The lowest BCUT2D eigenvalue weighted by molar-refractivity contribution is 0.0685. The number of carboxylic acid groups (broad SMARTS) is 1. The van der Waals surface area contributed by atoms with Gasteiger partial charge in [-0.3, -0.25) is 0 Å². The summed E-state index contributed by atoms with van der Waals surface area (Å²) in [5, 5.41) is 27.9. The van der Waals surface area contributed by atoms with Gasteiger partial charge in [-0.05, 0) is 17.7 Å². The zero-order valence-electron chi connectivity index (χ0n) is 11.8. The molecule has 3 N–H and O–H groups in total. The molecule has 2 aromatic rings. The van der Waals surface area contributed by atoms with E-state index in [9.17, 15) is 19.4 Å². The second kappa shape index (κ2) is 7.36. The molecule has 0 unspecified atom stereocenters. The molecule has 1 aromatic carbocycles. The molecule has 1 aromatic heterocycles. The molecule has 2 rings (SSSR count). The van der Waals surface area contributed by atoms with Crippen molar-refractivity contribution in [3.63, 3.8) is 0 Å². The van der Waals surface area contributed by atoms with E-state index in [1.807, 2.05) is 0 Å². The first-order valence-corrected chi connectivity index (χ1v) is 6.87. The molecule has 0 atom stereocenters. The topological polar surface area (TPSA) is 99.9 Å². The maximum atomic E-state index is 13.0. The molecule has 0 saturated carbocycles. The van der Waals surface area contributed by atoms with Gasteiger partial charge in [0.05, 0.1) is 24.8 Å². The molecule has 1 heterocycles. The summed E-state index contributed by atoms with van der Waals surface area (Å²) < 4.78 is 18.5. The number of aliphatic hydroxyl groups excluding tert-OH is 1. The lowest BCUT2D eigenvalue weighted by Crippen LogP contribution is -2.07. The van der Waals surface area contributed by atoms with E-state index in [-0.39, 0.29) is 23.8 Å². The zero-order valence-corrected chi connectivity index (χ0v) is 12.5. The van der Waals surface area contributed by atoms with Crippen LogP contribution in [-0.2, 0) is 24.6 Å². The monoisotopic (exact) mass is 341 g/mol. The number of aromatic hydroxyl groups is 1.